The van der Waals surface area contributed by atoms with Crippen molar-refractivity contribution in [2.45, 2.75) is 23.6 Å². The van der Waals surface area contributed by atoms with Crippen LogP contribution in [0.4, 0.5) is 0 Å². The van der Waals surface area contributed by atoms with Crippen LogP contribution in [0.15, 0.2) is 52.3 Å². The van der Waals surface area contributed by atoms with Gasteiger partial charge in [-0.1, -0.05) is 18.2 Å². The molecule has 9 heteroatoms. The molecule has 0 spiro atoms. The Hall–Kier alpha value is -1.94. The number of hydrogen-bond acceptors (Lipinski definition) is 5. The van der Waals surface area contributed by atoms with Gasteiger partial charge in [-0.25, -0.2) is 16.8 Å². The summed E-state index contributed by atoms with van der Waals surface area (Å²) in [5.74, 6) is 0.604. The third-order valence-corrected chi connectivity index (χ3v) is 8.96. The van der Waals surface area contributed by atoms with Gasteiger partial charge in [0.25, 0.3) is 0 Å². The smallest absolute Gasteiger partial charge is 0.243 e. The van der Waals surface area contributed by atoms with Crippen LogP contribution in [0.25, 0.3) is 0 Å². The standard InChI is InChI=1S/C19H24N2O5S2/c1-15-13-17(26-3)14-16(2)19(15)28(24,25)21-11-9-20(10-12-21)27(22,23)18-7-5-4-6-8-18/h4-8,13-14H,9-12H2,1-3H3. The summed E-state index contributed by atoms with van der Waals surface area (Å²) in [5, 5.41) is 0. The van der Waals surface area contributed by atoms with E-state index in [0.29, 0.717) is 16.9 Å². The van der Waals surface area contributed by atoms with Gasteiger partial charge in [0.1, 0.15) is 5.75 Å². The van der Waals surface area contributed by atoms with E-state index in [1.807, 2.05) is 0 Å². The van der Waals surface area contributed by atoms with Gasteiger partial charge in [0.15, 0.2) is 0 Å². The second-order valence-corrected chi connectivity index (χ2v) is 10.5. The van der Waals surface area contributed by atoms with E-state index >= 15 is 0 Å². The van der Waals surface area contributed by atoms with Gasteiger partial charge in [0.2, 0.25) is 20.0 Å². The Morgan fingerprint density at radius 3 is 1.71 bits per heavy atom. The number of ether oxygens (including phenoxy) is 1. The first-order valence-corrected chi connectivity index (χ1v) is 11.8. The summed E-state index contributed by atoms with van der Waals surface area (Å²) in [4.78, 5) is 0.473. The van der Waals surface area contributed by atoms with Crippen molar-refractivity contribution < 1.29 is 21.6 Å². The largest absolute Gasteiger partial charge is 0.497 e. The fraction of sp³-hybridized carbons (Fsp3) is 0.368. The van der Waals surface area contributed by atoms with Crippen LogP contribution in [0.2, 0.25) is 0 Å². The summed E-state index contributed by atoms with van der Waals surface area (Å²) in [7, 11) is -5.81. The average molecular weight is 425 g/mol. The molecule has 1 aliphatic rings. The lowest BCUT2D eigenvalue weighted by Gasteiger charge is -2.33. The summed E-state index contributed by atoms with van der Waals surface area (Å²) in [5.41, 5.74) is 1.22. The van der Waals surface area contributed by atoms with Crippen LogP contribution in [0.3, 0.4) is 0 Å². The van der Waals surface area contributed by atoms with Crippen LogP contribution >= 0.6 is 0 Å². The molecule has 1 saturated heterocycles. The molecule has 0 bridgehead atoms. The number of methoxy groups -OCH3 is 1. The molecule has 152 valence electrons. The van der Waals surface area contributed by atoms with Crippen LogP contribution in [0.1, 0.15) is 11.1 Å². The van der Waals surface area contributed by atoms with Crippen molar-refractivity contribution >= 4 is 20.0 Å². The highest BCUT2D eigenvalue weighted by Gasteiger charge is 2.35. The highest BCUT2D eigenvalue weighted by atomic mass is 32.2. The summed E-state index contributed by atoms with van der Waals surface area (Å²) >= 11 is 0. The number of piperazine rings is 1. The number of benzene rings is 2. The van der Waals surface area contributed by atoms with Crippen molar-refractivity contribution in [2.24, 2.45) is 0 Å². The molecular formula is C19H24N2O5S2. The van der Waals surface area contributed by atoms with Crippen molar-refractivity contribution in [1.82, 2.24) is 8.61 Å². The Labute approximate surface area is 166 Å². The van der Waals surface area contributed by atoms with Gasteiger partial charge in [-0.3, -0.25) is 0 Å². The molecule has 0 radical (unpaired) electrons. The van der Waals surface area contributed by atoms with Gasteiger partial charge < -0.3 is 4.74 Å². The molecule has 0 unspecified atom stereocenters. The normalized spacial score (nSPS) is 16.8. The maximum Gasteiger partial charge on any atom is 0.243 e. The molecule has 0 amide bonds. The summed E-state index contributed by atoms with van der Waals surface area (Å²) in [6.07, 6.45) is 0. The van der Waals surface area contributed by atoms with Crippen molar-refractivity contribution in [3.8, 4) is 5.75 Å². The molecule has 1 fully saturated rings. The maximum atomic E-state index is 13.2. The summed E-state index contributed by atoms with van der Waals surface area (Å²) in [6.45, 7) is 3.92. The van der Waals surface area contributed by atoms with E-state index in [-0.39, 0.29) is 36.0 Å². The van der Waals surface area contributed by atoms with E-state index in [0.717, 1.165) is 0 Å². The molecule has 1 heterocycles. The predicted octanol–water partition coefficient (Wildman–Crippen LogP) is 2.01. The zero-order valence-corrected chi connectivity index (χ0v) is 17.8. The van der Waals surface area contributed by atoms with E-state index in [1.54, 1.807) is 56.3 Å². The Morgan fingerprint density at radius 1 is 0.786 bits per heavy atom. The van der Waals surface area contributed by atoms with E-state index in [1.165, 1.54) is 15.7 Å². The topological polar surface area (TPSA) is 84.0 Å². The highest BCUT2D eigenvalue weighted by Crippen LogP contribution is 2.29. The Kier molecular flexibility index (Phi) is 5.81. The van der Waals surface area contributed by atoms with Gasteiger partial charge in [0, 0.05) is 26.2 Å². The third kappa shape index (κ3) is 3.80. The van der Waals surface area contributed by atoms with Crippen LogP contribution in [0, 0.1) is 13.8 Å². The molecule has 7 nitrogen and oxygen atoms in total. The molecule has 0 saturated carbocycles. The number of rotatable bonds is 5. The van der Waals surface area contributed by atoms with Gasteiger partial charge in [-0.2, -0.15) is 8.61 Å². The van der Waals surface area contributed by atoms with Gasteiger partial charge >= 0.3 is 0 Å². The first-order chi connectivity index (χ1) is 13.2. The fourth-order valence-corrected chi connectivity index (χ4v) is 6.73. The molecule has 0 aromatic heterocycles. The maximum absolute atomic E-state index is 13.2. The molecule has 2 aromatic rings. The van der Waals surface area contributed by atoms with Crippen molar-refractivity contribution in [1.29, 1.82) is 0 Å². The Bertz CT molecular complexity index is 1040. The molecule has 2 aromatic carbocycles. The molecular weight excluding hydrogens is 400 g/mol. The van der Waals surface area contributed by atoms with Crippen LogP contribution in [-0.4, -0.2) is 58.7 Å². The Balaban J connectivity index is 1.82. The second-order valence-electron chi connectivity index (χ2n) is 6.71. The zero-order valence-electron chi connectivity index (χ0n) is 16.1. The average Bonchev–Trinajstić information content (AvgIpc) is 2.68. The molecule has 0 atom stereocenters. The van der Waals surface area contributed by atoms with Crippen LogP contribution in [0.5, 0.6) is 5.75 Å². The first kappa shape index (κ1) is 20.8. The second kappa shape index (κ2) is 7.82. The number of hydrogen-bond donors (Lipinski definition) is 0. The van der Waals surface area contributed by atoms with Crippen LogP contribution < -0.4 is 4.74 Å². The molecule has 28 heavy (non-hydrogen) atoms. The van der Waals surface area contributed by atoms with Crippen molar-refractivity contribution in [3.63, 3.8) is 0 Å². The number of aryl methyl sites for hydroxylation is 2. The first-order valence-electron chi connectivity index (χ1n) is 8.88. The third-order valence-electron chi connectivity index (χ3n) is 4.85. The monoisotopic (exact) mass is 424 g/mol. The van der Waals surface area contributed by atoms with Crippen molar-refractivity contribution in [2.75, 3.05) is 33.3 Å². The van der Waals surface area contributed by atoms with Gasteiger partial charge in [0.05, 0.1) is 16.9 Å². The highest BCUT2D eigenvalue weighted by molar-refractivity contribution is 7.89. The van der Waals surface area contributed by atoms with Gasteiger partial charge in [-0.15, -0.1) is 0 Å². The molecule has 3 rings (SSSR count). The minimum atomic E-state index is -3.73. The lowest BCUT2D eigenvalue weighted by Crippen LogP contribution is -2.50. The van der Waals surface area contributed by atoms with Gasteiger partial charge in [-0.05, 0) is 49.2 Å². The lowest BCUT2D eigenvalue weighted by atomic mass is 10.1. The zero-order chi connectivity index (χ0) is 20.5. The SMILES string of the molecule is COc1cc(C)c(S(=O)(=O)N2CCN(S(=O)(=O)c3ccccc3)CC2)c(C)c1. The molecule has 1 aliphatic heterocycles. The Morgan fingerprint density at radius 2 is 1.25 bits per heavy atom. The lowest BCUT2D eigenvalue weighted by molar-refractivity contribution is 0.272. The van der Waals surface area contributed by atoms with Crippen molar-refractivity contribution in [3.05, 3.63) is 53.6 Å². The molecule has 0 N–H and O–H groups in total. The van der Waals surface area contributed by atoms with E-state index in [2.05, 4.69) is 0 Å². The minimum absolute atomic E-state index is 0.110. The predicted molar refractivity (Wildman–Crippen MR) is 106 cm³/mol. The van der Waals surface area contributed by atoms with E-state index in [4.69, 9.17) is 4.74 Å². The molecule has 0 aliphatic carbocycles. The van der Waals surface area contributed by atoms with E-state index in [9.17, 15) is 16.8 Å². The van der Waals surface area contributed by atoms with E-state index < -0.39 is 20.0 Å². The summed E-state index contributed by atoms with van der Waals surface area (Å²) < 4.78 is 59.7. The number of nitrogens with zero attached hydrogens (tertiary/aromatic N) is 2. The minimum Gasteiger partial charge on any atom is -0.497 e. The number of sulfonamides is 2. The summed E-state index contributed by atoms with van der Waals surface area (Å²) in [6, 6.07) is 11.6. The van der Waals surface area contributed by atoms with Crippen LogP contribution in [-0.2, 0) is 20.0 Å². The fourth-order valence-electron chi connectivity index (χ4n) is 3.46. The quantitative estimate of drug-likeness (QED) is 0.733.